The maximum Gasteiger partial charge on any atom is 0.323 e. The molecule has 1 aliphatic rings. The first-order valence-electron chi connectivity index (χ1n) is 16.4. The first-order chi connectivity index (χ1) is 23.6. The third kappa shape index (κ3) is 9.37. The molecule has 0 fully saturated rings. The first-order valence-corrected chi connectivity index (χ1v) is 16.4. The number of benzene rings is 4. The molecule has 0 saturated carbocycles. The van der Waals surface area contributed by atoms with Gasteiger partial charge < -0.3 is 36.4 Å². The van der Waals surface area contributed by atoms with Crippen LogP contribution >= 0.6 is 0 Å². The molecule has 6 N–H and O–H groups in total. The van der Waals surface area contributed by atoms with Crippen LogP contribution in [-0.2, 0) is 17.8 Å². The normalized spacial score (nSPS) is 16.8. The highest BCUT2D eigenvalue weighted by atomic mass is 16.5. The SMILES string of the molecule is C[C@@H]1CN([C@@H](C)CO)C(=O)Cc2cc(NC(=O)Nc3ccccc3)ccc2O[C@H]1CN(C)Cc1ccc(C(=O)Nc2ccccc2N)cc1. The average Bonchev–Trinajstić information content (AvgIpc) is 3.13. The van der Waals surface area contributed by atoms with Crippen LogP contribution in [0.5, 0.6) is 5.75 Å². The summed E-state index contributed by atoms with van der Waals surface area (Å²) in [6, 6.07) is 28.2. The molecule has 5 rings (SSSR count). The highest BCUT2D eigenvalue weighted by Crippen LogP contribution is 2.29. The second-order valence-corrected chi connectivity index (χ2v) is 12.6. The molecule has 4 aromatic carbocycles. The highest BCUT2D eigenvalue weighted by Gasteiger charge is 2.31. The molecule has 0 aromatic heterocycles. The number of hydrogen-bond donors (Lipinski definition) is 5. The zero-order valence-corrected chi connectivity index (χ0v) is 28.1. The molecule has 0 radical (unpaired) electrons. The van der Waals surface area contributed by atoms with Crippen LogP contribution in [0.1, 0.15) is 35.3 Å². The predicted octanol–water partition coefficient (Wildman–Crippen LogP) is 5.45. The number of hydrogen-bond acceptors (Lipinski definition) is 7. The molecular weight excluding hydrogens is 620 g/mol. The Kier molecular flexibility index (Phi) is 11.5. The van der Waals surface area contributed by atoms with Crippen molar-refractivity contribution in [2.75, 3.05) is 48.4 Å². The van der Waals surface area contributed by atoms with Gasteiger partial charge in [0.1, 0.15) is 11.9 Å². The van der Waals surface area contributed by atoms with Crippen molar-refractivity contribution in [3.8, 4) is 5.75 Å². The van der Waals surface area contributed by atoms with E-state index in [1.54, 1.807) is 59.5 Å². The Morgan fingerprint density at radius 2 is 1.65 bits per heavy atom. The number of amides is 4. The molecule has 11 heteroatoms. The van der Waals surface area contributed by atoms with E-state index in [0.717, 1.165) is 5.56 Å². The lowest BCUT2D eigenvalue weighted by atomic mass is 10.0. The minimum Gasteiger partial charge on any atom is -0.488 e. The Morgan fingerprint density at radius 1 is 0.959 bits per heavy atom. The van der Waals surface area contributed by atoms with Gasteiger partial charge in [-0.05, 0) is 74.1 Å². The van der Waals surface area contributed by atoms with E-state index in [1.165, 1.54) is 0 Å². The largest absolute Gasteiger partial charge is 0.488 e. The fraction of sp³-hybridized carbons (Fsp3) is 0.289. The van der Waals surface area contributed by atoms with Crippen molar-refractivity contribution in [1.29, 1.82) is 0 Å². The number of nitrogen functional groups attached to an aromatic ring is 1. The molecule has 3 atom stereocenters. The molecular formula is C38H44N6O5. The maximum atomic E-state index is 13.6. The topological polar surface area (TPSA) is 149 Å². The minimum absolute atomic E-state index is 0.0571. The molecule has 4 aromatic rings. The van der Waals surface area contributed by atoms with Gasteiger partial charge in [0.05, 0.1) is 30.4 Å². The number of para-hydroxylation sites is 3. The third-order valence-electron chi connectivity index (χ3n) is 8.58. The number of carbonyl (C=O) groups is 3. The number of anilines is 4. The number of aliphatic hydroxyl groups is 1. The molecule has 1 heterocycles. The van der Waals surface area contributed by atoms with E-state index >= 15 is 0 Å². The smallest absolute Gasteiger partial charge is 0.323 e. The van der Waals surface area contributed by atoms with Gasteiger partial charge in [-0.1, -0.05) is 49.4 Å². The van der Waals surface area contributed by atoms with Crippen molar-refractivity contribution in [1.82, 2.24) is 9.80 Å². The van der Waals surface area contributed by atoms with Gasteiger partial charge in [0, 0.05) is 48.1 Å². The molecule has 11 nitrogen and oxygen atoms in total. The number of urea groups is 1. The van der Waals surface area contributed by atoms with Gasteiger partial charge in [-0.25, -0.2) is 4.79 Å². The molecule has 0 unspecified atom stereocenters. The van der Waals surface area contributed by atoms with Gasteiger partial charge in [0.2, 0.25) is 5.91 Å². The number of nitrogens with zero attached hydrogens (tertiary/aromatic N) is 2. The minimum atomic E-state index is -0.403. The van der Waals surface area contributed by atoms with Gasteiger partial charge in [-0.2, -0.15) is 0 Å². The lowest BCUT2D eigenvalue weighted by molar-refractivity contribution is -0.134. The van der Waals surface area contributed by atoms with E-state index in [4.69, 9.17) is 10.5 Å². The Labute approximate surface area is 287 Å². The fourth-order valence-electron chi connectivity index (χ4n) is 5.79. The van der Waals surface area contributed by atoms with Crippen LogP contribution in [0.15, 0.2) is 97.1 Å². The number of carbonyl (C=O) groups excluding carboxylic acids is 3. The zero-order valence-electron chi connectivity index (χ0n) is 28.1. The number of rotatable bonds is 10. The average molecular weight is 665 g/mol. The number of likely N-dealkylation sites (N-methyl/N-ethyl adjacent to an activating group) is 1. The second-order valence-electron chi connectivity index (χ2n) is 12.6. The van der Waals surface area contributed by atoms with Crippen LogP contribution in [-0.4, -0.2) is 71.6 Å². The highest BCUT2D eigenvalue weighted by molar-refractivity contribution is 6.05. The quantitative estimate of drug-likeness (QED) is 0.142. The third-order valence-corrected chi connectivity index (χ3v) is 8.58. The van der Waals surface area contributed by atoms with Crippen molar-refractivity contribution in [2.45, 2.75) is 39.0 Å². The molecule has 0 aliphatic carbocycles. The standard InChI is InChI=1S/C38H44N6O5/c1-25-21-44(26(2)24-45)36(46)20-29-19-31(41-38(48)40-30-9-5-4-6-10-30)17-18-34(29)49-35(25)23-43(3)22-27-13-15-28(16-14-27)37(47)42-33-12-8-7-11-32(33)39/h4-19,25-26,35,45H,20-24,39H2,1-3H3,(H,42,47)(H2,40,41,48)/t25-,26+,35+/m1/s1. The Balaban J connectivity index is 1.29. The van der Waals surface area contributed by atoms with Crippen molar-refractivity contribution < 1.29 is 24.2 Å². The van der Waals surface area contributed by atoms with Gasteiger partial charge in [-0.3, -0.25) is 14.5 Å². The lowest BCUT2D eigenvalue weighted by Gasteiger charge is -2.34. The number of nitrogens with one attached hydrogen (secondary N) is 3. The summed E-state index contributed by atoms with van der Waals surface area (Å²) >= 11 is 0. The number of fused-ring (bicyclic) bond motifs is 1. The lowest BCUT2D eigenvalue weighted by Crippen LogP contribution is -2.47. The summed E-state index contributed by atoms with van der Waals surface area (Å²) < 4.78 is 6.65. The summed E-state index contributed by atoms with van der Waals surface area (Å²) in [6.45, 7) is 5.27. The zero-order chi connectivity index (χ0) is 34.9. The summed E-state index contributed by atoms with van der Waals surface area (Å²) in [5.41, 5.74) is 10.4. The van der Waals surface area contributed by atoms with Crippen molar-refractivity contribution >= 4 is 40.6 Å². The van der Waals surface area contributed by atoms with E-state index in [-0.39, 0.29) is 42.9 Å². The van der Waals surface area contributed by atoms with Crippen LogP contribution < -0.4 is 26.4 Å². The molecule has 0 bridgehead atoms. The fourth-order valence-corrected chi connectivity index (χ4v) is 5.79. The molecule has 4 amide bonds. The number of ether oxygens (including phenoxy) is 1. The van der Waals surface area contributed by atoms with Crippen LogP contribution in [0.25, 0.3) is 0 Å². The van der Waals surface area contributed by atoms with Gasteiger partial charge in [0.25, 0.3) is 5.91 Å². The van der Waals surface area contributed by atoms with Gasteiger partial charge in [0.15, 0.2) is 0 Å². The molecule has 256 valence electrons. The number of aliphatic hydroxyl groups excluding tert-OH is 1. The van der Waals surface area contributed by atoms with Crippen LogP contribution in [0.2, 0.25) is 0 Å². The van der Waals surface area contributed by atoms with E-state index in [9.17, 15) is 19.5 Å². The Hall–Kier alpha value is -5.39. The van der Waals surface area contributed by atoms with E-state index < -0.39 is 6.03 Å². The van der Waals surface area contributed by atoms with Crippen LogP contribution in [0.4, 0.5) is 27.5 Å². The van der Waals surface area contributed by atoms with E-state index in [0.29, 0.717) is 59.3 Å². The molecule has 0 saturated heterocycles. The van der Waals surface area contributed by atoms with E-state index in [1.807, 2.05) is 63.4 Å². The Morgan fingerprint density at radius 3 is 2.37 bits per heavy atom. The number of nitrogens with two attached hydrogens (primary N) is 1. The van der Waals surface area contributed by atoms with Crippen molar-refractivity contribution in [3.05, 3.63) is 114 Å². The van der Waals surface area contributed by atoms with Crippen LogP contribution in [0.3, 0.4) is 0 Å². The monoisotopic (exact) mass is 664 g/mol. The summed E-state index contributed by atoms with van der Waals surface area (Å²) in [7, 11) is 2.00. The summed E-state index contributed by atoms with van der Waals surface area (Å²) in [4.78, 5) is 42.9. The molecule has 0 spiro atoms. The van der Waals surface area contributed by atoms with Crippen molar-refractivity contribution in [3.63, 3.8) is 0 Å². The summed E-state index contributed by atoms with van der Waals surface area (Å²) in [6.07, 6.45) is -0.244. The summed E-state index contributed by atoms with van der Waals surface area (Å²) in [5.74, 6) is 0.130. The Bertz CT molecular complexity index is 1750. The molecule has 1 aliphatic heterocycles. The van der Waals surface area contributed by atoms with Crippen LogP contribution in [0, 0.1) is 5.92 Å². The summed E-state index contributed by atoms with van der Waals surface area (Å²) in [5, 5.41) is 18.5. The molecule has 49 heavy (non-hydrogen) atoms. The predicted molar refractivity (Wildman–Crippen MR) is 193 cm³/mol. The first kappa shape index (κ1) is 34.9. The maximum absolute atomic E-state index is 13.6. The van der Waals surface area contributed by atoms with E-state index in [2.05, 4.69) is 20.9 Å². The van der Waals surface area contributed by atoms with Gasteiger partial charge >= 0.3 is 6.03 Å². The second kappa shape index (κ2) is 16.1. The van der Waals surface area contributed by atoms with Gasteiger partial charge in [-0.15, -0.1) is 0 Å². The van der Waals surface area contributed by atoms with Crippen molar-refractivity contribution in [2.24, 2.45) is 5.92 Å².